The lowest BCUT2D eigenvalue weighted by Gasteiger charge is -2.25. The van der Waals surface area contributed by atoms with Crippen LogP contribution in [0.25, 0.3) is 0 Å². The fraction of sp³-hybridized carbons (Fsp3) is 0.267. The third-order valence-corrected chi connectivity index (χ3v) is 6.29. The van der Waals surface area contributed by atoms with Crippen molar-refractivity contribution in [1.82, 2.24) is 9.97 Å². The molecule has 0 fully saturated rings. The minimum absolute atomic E-state index is 0.117. The Labute approximate surface area is 241 Å². The molecule has 0 radical (unpaired) electrons. The molecule has 2 aromatic heterocycles. The molecule has 0 aliphatic heterocycles. The molecule has 4 rings (SSSR count). The van der Waals surface area contributed by atoms with Crippen molar-refractivity contribution in [2.75, 3.05) is 25.7 Å². The predicted molar refractivity (Wildman–Crippen MR) is 150 cm³/mol. The smallest absolute Gasteiger partial charge is 0.422 e. The van der Waals surface area contributed by atoms with E-state index in [1.54, 1.807) is 14.2 Å². The number of aromatic nitrogens is 2. The van der Waals surface area contributed by atoms with E-state index in [0.29, 0.717) is 31.1 Å². The first-order valence-electron chi connectivity index (χ1n) is 12.7. The van der Waals surface area contributed by atoms with E-state index in [2.05, 4.69) is 14.9 Å². The Kier molecular flexibility index (Phi) is 9.78. The first-order valence-corrected chi connectivity index (χ1v) is 13.1. The highest BCUT2D eigenvalue weighted by Crippen LogP contribution is 2.35. The minimum atomic E-state index is -4.53. The summed E-state index contributed by atoms with van der Waals surface area (Å²) in [7, 11) is 3.24. The van der Waals surface area contributed by atoms with Gasteiger partial charge >= 0.3 is 6.18 Å². The summed E-state index contributed by atoms with van der Waals surface area (Å²) >= 11 is 5.94. The minimum Gasteiger partial charge on any atom is -0.497 e. The summed E-state index contributed by atoms with van der Waals surface area (Å²) in [5.41, 5.74) is 2.88. The first-order chi connectivity index (χ1) is 19.7. The van der Waals surface area contributed by atoms with E-state index < -0.39 is 12.8 Å². The lowest BCUT2D eigenvalue weighted by Crippen LogP contribution is -2.23. The van der Waals surface area contributed by atoms with Crippen LogP contribution in [-0.2, 0) is 19.5 Å². The second kappa shape index (κ2) is 13.5. The molecule has 0 saturated carbocycles. The highest BCUT2D eigenvalue weighted by atomic mass is 35.5. The van der Waals surface area contributed by atoms with Gasteiger partial charge in [-0.15, -0.1) is 0 Å². The molecule has 2 heterocycles. The summed E-state index contributed by atoms with van der Waals surface area (Å²) < 4.78 is 59.7. The molecular weight excluding hydrogens is 559 g/mol. The SMILES string of the molecule is CCc1cc(N(Cc2ccc(OC)cc2)Cc2ccc(OC)cc2)ncc1Oc1ncc(Cl)cc1OCC(F)(F)F. The van der Waals surface area contributed by atoms with Gasteiger partial charge in [0.2, 0.25) is 0 Å². The molecule has 0 unspecified atom stereocenters. The molecular formula is C30H29ClF3N3O4. The molecule has 11 heteroatoms. The van der Waals surface area contributed by atoms with Crippen LogP contribution in [-0.4, -0.2) is 37.0 Å². The molecule has 0 aliphatic carbocycles. The number of benzene rings is 2. The van der Waals surface area contributed by atoms with E-state index in [4.69, 9.17) is 30.5 Å². The third-order valence-electron chi connectivity index (χ3n) is 6.09. The topological polar surface area (TPSA) is 65.9 Å². The van der Waals surface area contributed by atoms with Crippen molar-refractivity contribution >= 4 is 17.4 Å². The van der Waals surface area contributed by atoms with Crippen LogP contribution in [0.1, 0.15) is 23.6 Å². The van der Waals surface area contributed by atoms with Crippen LogP contribution in [0.3, 0.4) is 0 Å². The van der Waals surface area contributed by atoms with Gasteiger partial charge < -0.3 is 23.8 Å². The number of pyridine rings is 2. The summed E-state index contributed by atoms with van der Waals surface area (Å²) in [6.07, 6.45) is -1.16. The highest BCUT2D eigenvalue weighted by molar-refractivity contribution is 6.30. The Bertz CT molecular complexity index is 1390. The zero-order chi connectivity index (χ0) is 29.4. The van der Waals surface area contributed by atoms with Gasteiger partial charge in [-0.1, -0.05) is 42.8 Å². The number of aryl methyl sites for hydroxylation is 1. The number of hydrogen-bond donors (Lipinski definition) is 0. The van der Waals surface area contributed by atoms with Crippen LogP contribution in [0, 0.1) is 0 Å². The summed E-state index contributed by atoms with van der Waals surface area (Å²) in [5, 5.41) is 0.117. The van der Waals surface area contributed by atoms with Gasteiger partial charge in [0.15, 0.2) is 18.1 Å². The normalized spacial score (nSPS) is 11.2. The molecule has 7 nitrogen and oxygen atoms in total. The van der Waals surface area contributed by atoms with Gasteiger partial charge in [0.1, 0.15) is 17.3 Å². The lowest BCUT2D eigenvalue weighted by molar-refractivity contribution is -0.153. The zero-order valence-corrected chi connectivity index (χ0v) is 23.5. The maximum absolute atomic E-state index is 12.8. The average molecular weight is 588 g/mol. The van der Waals surface area contributed by atoms with Gasteiger partial charge in [0.05, 0.1) is 25.4 Å². The third kappa shape index (κ3) is 8.40. The molecule has 0 bridgehead atoms. The van der Waals surface area contributed by atoms with Gasteiger partial charge in [-0.2, -0.15) is 13.2 Å². The fourth-order valence-corrected chi connectivity index (χ4v) is 4.13. The quantitative estimate of drug-likeness (QED) is 0.169. The molecule has 0 amide bonds. The van der Waals surface area contributed by atoms with Gasteiger partial charge in [0, 0.05) is 25.4 Å². The Balaban J connectivity index is 1.63. The standard InChI is InChI=1S/C30H29ClF3N3O4/c1-4-22-13-28(35-16-27(22)41-29-26(14-23(31)15-36-29)40-19-30(32,33)34)37(17-20-5-9-24(38-2)10-6-20)18-21-7-11-25(39-3)12-8-21/h5-16H,4,17-19H2,1-3H3. The van der Waals surface area contributed by atoms with Crippen molar-refractivity contribution in [1.29, 1.82) is 0 Å². The number of nitrogens with zero attached hydrogens (tertiary/aromatic N) is 3. The van der Waals surface area contributed by atoms with Gasteiger partial charge in [0.25, 0.3) is 5.88 Å². The van der Waals surface area contributed by atoms with Crippen LogP contribution in [0.4, 0.5) is 19.0 Å². The van der Waals surface area contributed by atoms with Crippen LogP contribution >= 0.6 is 11.6 Å². The number of hydrogen-bond acceptors (Lipinski definition) is 7. The van der Waals surface area contributed by atoms with Crippen molar-refractivity contribution in [3.05, 3.63) is 94.8 Å². The van der Waals surface area contributed by atoms with Crippen molar-refractivity contribution in [3.8, 4) is 28.9 Å². The van der Waals surface area contributed by atoms with E-state index in [1.807, 2.05) is 61.5 Å². The van der Waals surface area contributed by atoms with E-state index in [1.165, 1.54) is 18.5 Å². The van der Waals surface area contributed by atoms with E-state index in [9.17, 15) is 13.2 Å². The largest absolute Gasteiger partial charge is 0.497 e. The van der Waals surface area contributed by atoms with Crippen LogP contribution < -0.4 is 23.8 Å². The van der Waals surface area contributed by atoms with Crippen LogP contribution in [0.2, 0.25) is 5.02 Å². The zero-order valence-electron chi connectivity index (χ0n) is 22.7. The van der Waals surface area contributed by atoms with E-state index in [-0.39, 0.29) is 16.7 Å². The van der Waals surface area contributed by atoms with E-state index in [0.717, 1.165) is 28.2 Å². The average Bonchev–Trinajstić information content (AvgIpc) is 2.97. The number of anilines is 1. The predicted octanol–water partition coefficient (Wildman–Crippen LogP) is 7.65. The molecule has 216 valence electrons. The summed E-state index contributed by atoms with van der Waals surface area (Å²) in [6.45, 7) is 1.55. The number of halogens is 4. The monoisotopic (exact) mass is 587 g/mol. The maximum atomic E-state index is 12.8. The highest BCUT2D eigenvalue weighted by Gasteiger charge is 2.29. The second-order valence-corrected chi connectivity index (χ2v) is 9.46. The van der Waals surface area contributed by atoms with Crippen molar-refractivity contribution in [2.45, 2.75) is 32.6 Å². The molecule has 2 aromatic carbocycles. The molecule has 0 atom stereocenters. The summed E-state index contributed by atoms with van der Waals surface area (Å²) in [4.78, 5) is 10.8. The Morgan fingerprint density at radius 1 is 0.805 bits per heavy atom. The Morgan fingerprint density at radius 2 is 1.39 bits per heavy atom. The molecule has 0 saturated heterocycles. The number of methoxy groups -OCH3 is 2. The maximum Gasteiger partial charge on any atom is 0.422 e. The van der Waals surface area contributed by atoms with Crippen molar-refractivity contribution < 1.29 is 32.1 Å². The van der Waals surface area contributed by atoms with Crippen LogP contribution in [0.5, 0.6) is 28.9 Å². The van der Waals surface area contributed by atoms with Crippen LogP contribution in [0.15, 0.2) is 73.1 Å². The molecule has 0 spiro atoms. The van der Waals surface area contributed by atoms with E-state index >= 15 is 0 Å². The molecule has 0 aliphatic rings. The Hall–Kier alpha value is -4.18. The first kappa shape index (κ1) is 29.8. The second-order valence-electron chi connectivity index (χ2n) is 9.02. The molecule has 4 aromatic rings. The summed E-state index contributed by atoms with van der Waals surface area (Å²) in [6, 6.07) is 18.7. The molecule has 41 heavy (non-hydrogen) atoms. The number of rotatable bonds is 12. The number of alkyl halides is 3. The van der Waals surface area contributed by atoms with Crippen molar-refractivity contribution in [3.63, 3.8) is 0 Å². The van der Waals surface area contributed by atoms with Gasteiger partial charge in [-0.05, 0) is 53.4 Å². The van der Waals surface area contributed by atoms with Gasteiger partial charge in [-0.25, -0.2) is 9.97 Å². The molecule has 0 N–H and O–H groups in total. The summed E-state index contributed by atoms with van der Waals surface area (Å²) in [5.74, 6) is 2.20. The lowest BCUT2D eigenvalue weighted by atomic mass is 10.1. The van der Waals surface area contributed by atoms with Gasteiger partial charge in [-0.3, -0.25) is 0 Å². The van der Waals surface area contributed by atoms with Crippen molar-refractivity contribution in [2.24, 2.45) is 0 Å². The number of ether oxygens (including phenoxy) is 4. The fourth-order valence-electron chi connectivity index (χ4n) is 3.99. The Morgan fingerprint density at radius 3 is 1.90 bits per heavy atom.